The average molecular weight is 726 g/mol. The van der Waals surface area contributed by atoms with Crippen LogP contribution >= 0.6 is 0 Å². The number of methoxy groups -OCH3 is 1. The second-order valence-corrected chi connectivity index (χ2v) is 15.4. The number of carbonyl (C=O) groups is 2. The van der Waals surface area contributed by atoms with Crippen LogP contribution in [0.2, 0.25) is 0 Å². The molecule has 0 bridgehead atoms. The normalized spacial score (nSPS) is 39.8. The monoisotopic (exact) mass is 725 g/mol. The lowest BCUT2D eigenvalue weighted by Gasteiger charge is -2.47. The second-order valence-electron chi connectivity index (χ2n) is 15.4. The molecule has 0 aromatic carbocycles. The van der Waals surface area contributed by atoms with Gasteiger partial charge in [-0.2, -0.15) is 0 Å². The highest BCUT2D eigenvalue weighted by Crippen LogP contribution is 2.38. The van der Waals surface area contributed by atoms with Crippen molar-refractivity contribution in [3.8, 4) is 12.3 Å². The minimum atomic E-state index is -1.89. The number of likely N-dealkylation sites (N-methyl/N-ethyl adjacent to an activating group) is 1. The fraction of sp³-hybridized carbons (Fsp3) is 0.868. The minimum absolute atomic E-state index is 0.182. The van der Waals surface area contributed by atoms with E-state index in [0.717, 1.165) is 6.54 Å². The Kier molecular flexibility index (Phi) is 17.5. The summed E-state index contributed by atoms with van der Waals surface area (Å²) in [7, 11) is 7.34. The smallest absolute Gasteiger partial charge is 0.316 e. The number of terminal acetylenes is 1. The molecule has 2 rings (SSSR count). The Morgan fingerprint density at radius 3 is 2.27 bits per heavy atom. The van der Waals surface area contributed by atoms with Gasteiger partial charge < -0.3 is 44.0 Å². The Hall–Kier alpha value is -2.15. The van der Waals surface area contributed by atoms with Gasteiger partial charge in [-0.25, -0.2) is 0 Å². The number of ketones is 1. The van der Waals surface area contributed by atoms with Crippen molar-refractivity contribution in [2.45, 2.75) is 142 Å². The SMILES string of the molecule is C#CCCN(C)[C@H]1CC(C)O[C@@H](O[C@@H]2[C@@H](C)C(=O)[C@@H](C)C(=O)O[C@H](CC)[C@@](C)(O)[C@H](O)[C@@H](C)/C(=N/OCCCN(C)C)[C@H](C)C[C@@]2(C)OC)[C@@H]1O. The predicted molar refractivity (Wildman–Crippen MR) is 195 cm³/mol. The lowest BCUT2D eigenvalue weighted by molar-refractivity contribution is -0.295. The van der Waals surface area contributed by atoms with Crippen molar-refractivity contribution < 1.29 is 48.7 Å². The lowest BCUT2D eigenvalue weighted by atomic mass is 9.74. The maximum atomic E-state index is 14.2. The second kappa shape index (κ2) is 19.8. The molecule has 0 amide bonds. The van der Waals surface area contributed by atoms with Gasteiger partial charge in [0.25, 0.3) is 0 Å². The summed E-state index contributed by atoms with van der Waals surface area (Å²) in [6.45, 7) is 15.3. The van der Waals surface area contributed by atoms with Crippen LogP contribution in [0.5, 0.6) is 0 Å². The quantitative estimate of drug-likeness (QED) is 0.0890. The Morgan fingerprint density at radius 1 is 1.06 bits per heavy atom. The van der Waals surface area contributed by atoms with Crippen LogP contribution in [0.25, 0.3) is 0 Å². The van der Waals surface area contributed by atoms with Crippen LogP contribution in [0.4, 0.5) is 0 Å². The summed E-state index contributed by atoms with van der Waals surface area (Å²) in [5.41, 5.74) is -2.65. The van der Waals surface area contributed by atoms with Gasteiger partial charge in [0.15, 0.2) is 12.1 Å². The number of esters is 1. The van der Waals surface area contributed by atoms with Crippen LogP contribution in [0, 0.1) is 36.0 Å². The number of rotatable bonds is 12. The molecule has 2 aliphatic heterocycles. The van der Waals surface area contributed by atoms with Gasteiger partial charge in [-0.3, -0.25) is 14.5 Å². The van der Waals surface area contributed by atoms with Crippen LogP contribution in [-0.4, -0.2) is 145 Å². The Bertz CT molecular complexity index is 1190. The van der Waals surface area contributed by atoms with Crippen LogP contribution in [0.15, 0.2) is 5.16 Å². The first-order valence-corrected chi connectivity index (χ1v) is 18.4. The molecular weight excluding hydrogens is 658 g/mol. The number of oxime groups is 1. The molecule has 294 valence electrons. The number of ether oxygens (including phenoxy) is 4. The van der Waals surface area contributed by atoms with E-state index in [2.05, 4.69) is 11.1 Å². The standard InChI is InChI=1S/C38H67N3O10/c1-14-16-19-41(12)28-21-24(4)49-36(32(28)43)51-34-26(6)31(42)27(7)35(45)50-29(15-2)38(9,46)33(44)25(5)30(23(3)22-37(34,8)47-13)39-48-20-17-18-40(10)11/h1,23-29,32-34,36,43-44,46H,15-22H2,2-13H3/b39-30+/t23-,24?,25+,26+,27-,28+,29-,32-,33-,34-,36+,37-,38-/m1/s1. The van der Waals surface area contributed by atoms with E-state index >= 15 is 0 Å². The molecule has 13 nitrogen and oxygen atoms in total. The van der Waals surface area contributed by atoms with Crippen molar-refractivity contribution in [1.29, 1.82) is 0 Å². The van der Waals surface area contributed by atoms with Gasteiger partial charge in [0.05, 0.1) is 29.6 Å². The maximum absolute atomic E-state index is 14.2. The van der Waals surface area contributed by atoms with Gasteiger partial charge in [0, 0.05) is 50.4 Å². The van der Waals surface area contributed by atoms with Crippen LogP contribution < -0.4 is 0 Å². The van der Waals surface area contributed by atoms with Gasteiger partial charge in [-0.15, -0.1) is 12.3 Å². The largest absolute Gasteiger partial charge is 0.459 e. The molecular formula is C38H67N3O10. The van der Waals surface area contributed by atoms with Gasteiger partial charge in [-0.05, 0) is 74.5 Å². The van der Waals surface area contributed by atoms with Crippen LogP contribution in [-0.2, 0) is 33.4 Å². The molecule has 13 atom stereocenters. The zero-order valence-corrected chi connectivity index (χ0v) is 33.1. The molecule has 0 saturated carbocycles. The summed E-state index contributed by atoms with van der Waals surface area (Å²) in [5.74, 6) is -2.03. The van der Waals surface area contributed by atoms with Crippen molar-refractivity contribution >= 4 is 17.5 Å². The molecule has 0 aromatic rings. The molecule has 2 aliphatic rings. The molecule has 2 heterocycles. The third-order valence-corrected chi connectivity index (χ3v) is 10.9. The summed E-state index contributed by atoms with van der Waals surface area (Å²) < 4.78 is 24.8. The van der Waals surface area contributed by atoms with Gasteiger partial charge in [-0.1, -0.05) is 32.9 Å². The van der Waals surface area contributed by atoms with E-state index in [-0.39, 0.29) is 25.0 Å². The van der Waals surface area contributed by atoms with E-state index in [1.807, 2.05) is 51.7 Å². The van der Waals surface area contributed by atoms with Crippen molar-refractivity contribution in [3.63, 3.8) is 0 Å². The first-order valence-electron chi connectivity index (χ1n) is 18.4. The first kappa shape index (κ1) is 45.0. The zero-order chi connectivity index (χ0) is 38.8. The molecule has 0 radical (unpaired) electrons. The Morgan fingerprint density at radius 2 is 1.71 bits per heavy atom. The highest BCUT2D eigenvalue weighted by atomic mass is 16.7. The number of nitrogens with zero attached hydrogens (tertiary/aromatic N) is 3. The molecule has 13 heteroatoms. The van der Waals surface area contributed by atoms with E-state index in [1.54, 1.807) is 20.8 Å². The number of hydrogen-bond donors (Lipinski definition) is 3. The lowest BCUT2D eigenvalue weighted by Crippen LogP contribution is -2.60. The van der Waals surface area contributed by atoms with E-state index < -0.39 is 77.3 Å². The molecule has 2 fully saturated rings. The molecule has 51 heavy (non-hydrogen) atoms. The topological polar surface area (TPSA) is 160 Å². The molecule has 1 unspecified atom stereocenters. The van der Waals surface area contributed by atoms with Crippen molar-refractivity contribution in [2.24, 2.45) is 28.8 Å². The minimum Gasteiger partial charge on any atom is -0.459 e. The van der Waals surface area contributed by atoms with Crippen LogP contribution in [0.3, 0.4) is 0 Å². The van der Waals surface area contributed by atoms with Gasteiger partial charge >= 0.3 is 5.97 Å². The van der Waals surface area contributed by atoms with Crippen molar-refractivity contribution in [1.82, 2.24) is 9.80 Å². The summed E-state index contributed by atoms with van der Waals surface area (Å²) >= 11 is 0. The Balaban J connectivity index is 2.68. The van der Waals surface area contributed by atoms with E-state index in [4.69, 9.17) is 30.2 Å². The van der Waals surface area contributed by atoms with E-state index in [0.29, 0.717) is 38.1 Å². The third kappa shape index (κ3) is 11.4. The number of aliphatic hydroxyl groups excluding tert-OH is 2. The number of hydrogen-bond acceptors (Lipinski definition) is 13. The number of Topliss-reactive ketones (excluding diaryl/α,β-unsaturated/α-hetero) is 1. The number of cyclic esters (lactones) is 1. The Labute approximate surface area is 306 Å². The van der Waals surface area contributed by atoms with Gasteiger partial charge in [0.1, 0.15) is 30.3 Å². The number of aliphatic hydroxyl groups is 3. The summed E-state index contributed by atoms with van der Waals surface area (Å²) in [4.78, 5) is 37.5. The molecule has 2 saturated heterocycles. The summed E-state index contributed by atoms with van der Waals surface area (Å²) in [5, 5.41) is 39.5. The average Bonchev–Trinajstić information content (AvgIpc) is 3.08. The van der Waals surface area contributed by atoms with Gasteiger partial charge in [0.2, 0.25) is 0 Å². The van der Waals surface area contributed by atoms with Crippen molar-refractivity contribution in [3.05, 3.63) is 0 Å². The molecule has 0 aliphatic carbocycles. The molecule has 0 spiro atoms. The zero-order valence-electron chi connectivity index (χ0n) is 33.1. The first-order chi connectivity index (χ1) is 23.8. The molecule has 3 N–H and O–H groups in total. The number of carbonyl (C=O) groups excluding carboxylic acids is 2. The van der Waals surface area contributed by atoms with E-state index in [1.165, 1.54) is 21.0 Å². The fourth-order valence-electron chi connectivity index (χ4n) is 7.51. The van der Waals surface area contributed by atoms with Crippen LogP contribution in [0.1, 0.15) is 87.5 Å². The highest BCUT2D eigenvalue weighted by molar-refractivity contribution is 6.00. The van der Waals surface area contributed by atoms with Crippen molar-refractivity contribution in [2.75, 3.05) is 47.9 Å². The van der Waals surface area contributed by atoms with E-state index in [9.17, 15) is 24.9 Å². The summed E-state index contributed by atoms with van der Waals surface area (Å²) in [6, 6.07) is -0.331. The summed E-state index contributed by atoms with van der Waals surface area (Å²) in [6.07, 6.45) is 1.60. The fourth-order valence-corrected chi connectivity index (χ4v) is 7.51. The highest BCUT2D eigenvalue weighted by Gasteiger charge is 2.51. The molecule has 0 aromatic heterocycles. The maximum Gasteiger partial charge on any atom is 0.316 e. The predicted octanol–water partition coefficient (Wildman–Crippen LogP) is 2.87. The third-order valence-electron chi connectivity index (χ3n) is 10.9.